The lowest BCUT2D eigenvalue weighted by Crippen LogP contribution is -2.36. The maximum Gasteiger partial charge on any atom is 0.322 e. The Morgan fingerprint density at radius 2 is 2.00 bits per heavy atom. The molecule has 0 fully saturated rings. The molecule has 0 spiro atoms. The summed E-state index contributed by atoms with van der Waals surface area (Å²) in [5.41, 5.74) is 7.05. The predicted molar refractivity (Wildman–Crippen MR) is 123 cm³/mol. The number of nitrogens with zero attached hydrogens (tertiary/aromatic N) is 3. The highest BCUT2D eigenvalue weighted by Crippen LogP contribution is 2.41. The summed E-state index contributed by atoms with van der Waals surface area (Å²) in [6, 6.07) is 10.4. The van der Waals surface area contributed by atoms with Gasteiger partial charge < -0.3 is 19.7 Å². The monoisotopic (exact) mass is 420 g/mol. The number of benzene rings is 1. The fraction of sp³-hybridized carbons (Fsp3) is 0.375. The topological polar surface area (TPSA) is 40.5 Å². The van der Waals surface area contributed by atoms with E-state index >= 15 is 0 Å². The first-order valence-electron chi connectivity index (χ1n) is 10.6. The molecular weight excluding hydrogens is 392 g/mol. The summed E-state index contributed by atoms with van der Waals surface area (Å²) in [5.74, 6) is 0. The molecule has 156 valence electrons. The van der Waals surface area contributed by atoms with Gasteiger partial charge in [-0.05, 0) is 69.1 Å². The van der Waals surface area contributed by atoms with Crippen LogP contribution in [0.1, 0.15) is 45.8 Å². The molecule has 2 amide bonds. The van der Waals surface area contributed by atoms with Gasteiger partial charge in [-0.3, -0.25) is 0 Å². The number of hydrogen-bond donors (Lipinski definition) is 1. The zero-order valence-electron chi connectivity index (χ0n) is 18.0. The summed E-state index contributed by atoms with van der Waals surface area (Å²) in [5, 5.41) is 4.47. The van der Waals surface area contributed by atoms with E-state index in [4.69, 9.17) is 0 Å². The molecule has 1 aromatic carbocycles. The van der Waals surface area contributed by atoms with Crippen LogP contribution in [0.3, 0.4) is 0 Å². The predicted octanol–water partition coefficient (Wildman–Crippen LogP) is 5.25. The van der Waals surface area contributed by atoms with E-state index < -0.39 is 0 Å². The third-order valence-corrected chi connectivity index (χ3v) is 7.71. The van der Waals surface area contributed by atoms with Crippen molar-refractivity contribution in [3.63, 3.8) is 0 Å². The Hall–Kier alpha value is -2.57. The molecule has 1 atom stereocenters. The molecule has 5 rings (SSSR count). The molecule has 0 aliphatic carbocycles. The van der Waals surface area contributed by atoms with Crippen LogP contribution in [0.2, 0.25) is 0 Å². The fourth-order valence-electron chi connectivity index (χ4n) is 4.63. The molecule has 1 N–H and O–H groups in total. The van der Waals surface area contributed by atoms with Crippen LogP contribution in [0.25, 0.3) is 5.00 Å². The lowest BCUT2D eigenvalue weighted by Gasteiger charge is -2.29. The number of rotatable bonds is 1. The molecule has 30 heavy (non-hydrogen) atoms. The van der Waals surface area contributed by atoms with E-state index in [0.717, 1.165) is 42.0 Å². The lowest BCUT2D eigenvalue weighted by molar-refractivity contribution is 0.189. The number of amides is 2. The van der Waals surface area contributed by atoms with Gasteiger partial charge in [0.05, 0.1) is 12.6 Å². The third kappa shape index (κ3) is 3.15. The van der Waals surface area contributed by atoms with E-state index in [1.54, 1.807) is 0 Å². The Labute approximate surface area is 181 Å². The zero-order valence-corrected chi connectivity index (χ0v) is 18.8. The minimum atomic E-state index is -0.0373. The summed E-state index contributed by atoms with van der Waals surface area (Å²) < 4.78 is 2.30. The van der Waals surface area contributed by atoms with Gasteiger partial charge in [-0.1, -0.05) is 12.1 Å². The van der Waals surface area contributed by atoms with Crippen LogP contribution < -0.4 is 5.32 Å². The summed E-state index contributed by atoms with van der Waals surface area (Å²) >= 11 is 1.89. The minimum absolute atomic E-state index is 0.00775. The van der Waals surface area contributed by atoms with E-state index in [1.165, 1.54) is 21.0 Å². The van der Waals surface area contributed by atoms with Gasteiger partial charge in [0.1, 0.15) is 5.00 Å². The van der Waals surface area contributed by atoms with Gasteiger partial charge in [0.15, 0.2) is 0 Å². The van der Waals surface area contributed by atoms with Crippen molar-refractivity contribution in [2.75, 3.05) is 18.9 Å². The number of likely N-dealkylation sites (N-methyl/N-ethyl adjacent to an activating group) is 1. The van der Waals surface area contributed by atoms with Crippen molar-refractivity contribution in [2.24, 2.45) is 0 Å². The normalized spacial score (nSPS) is 18.4. The van der Waals surface area contributed by atoms with Crippen LogP contribution in [0.5, 0.6) is 0 Å². The summed E-state index contributed by atoms with van der Waals surface area (Å²) in [4.78, 5) is 19.3. The summed E-state index contributed by atoms with van der Waals surface area (Å²) in [6.07, 6.45) is 3.19. The van der Waals surface area contributed by atoms with Gasteiger partial charge in [-0.2, -0.15) is 0 Å². The minimum Gasteiger partial charge on any atom is -0.312 e. The molecule has 3 aromatic rings. The lowest BCUT2D eigenvalue weighted by atomic mass is 10.0. The number of carbonyl (C=O) groups is 1. The smallest absolute Gasteiger partial charge is 0.312 e. The fourth-order valence-corrected chi connectivity index (χ4v) is 6.07. The van der Waals surface area contributed by atoms with E-state index in [2.05, 4.69) is 66.1 Å². The molecule has 2 aliphatic rings. The highest BCUT2D eigenvalue weighted by molar-refractivity contribution is 7.15. The van der Waals surface area contributed by atoms with Crippen LogP contribution >= 0.6 is 11.3 Å². The zero-order chi connectivity index (χ0) is 21.0. The van der Waals surface area contributed by atoms with Gasteiger partial charge in [-0.15, -0.1) is 11.3 Å². The van der Waals surface area contributed by atoms with Crippen LogP contribution in [0.15, 0.2) is 36.5 Å². The number of hydrogen-bond acceptors (Lipinski definition) is 3. The molecule has 0 saturated carbocycles. The first-order valence-corrected chi connectivity index (χ1v) is 11.4. The largest absolute Gasteiger partial charge is 0.322 e. The summed E-state index contributed by atoms with van der Waals surface area (Å²) in [6.45, 7) is 8.93. The number of aromatic nitrogens is 1. The summed E-state index contributed by atoms with van der Waals surface area (Å²) in [7, 11) is 2.18. The first-order chi connectivity index (χ1) is 14.4. The van der Waals surface area contributed by atoms with Crippen molar-refractivity contribution < 1.29 is 4.79 Å². The number of anilines is 1. The van der Waals surface area contributed by atoms with E-state index in [0.29, 0.717) is 6.54 Å². The molecule has 6 heteroatoms. The average molecular weight is 421 g/mol. The maximum absolute atomic E-state index is 13.5. The van der Waals surface area contributed by atoms with Gasteiger partial charge >= 0.3 is 6.03 Å². The second-order valence-electron chi connectivity index (χ2n) is 8.63. The maximum atomic E-state index is 13.5. The van der Waals surface area contributed by atoms with E-state index in [-0.39, 0.29) is 12.1 Å². The Morgan fingerprint density at radius 3 is 2.83 bits per heavy atom. The Bertz CT molecular complexity index is 1130. The molecule has 1 unspecified atom stereocenters. The van der Waals surface area contributed by atoms with Crippen LogP contribution in [0, 0.1) is 13.8 Å². The average Bonchev–Trinajstić information content (AvgIpc) is 3.30. The number of nitrogens with one attached hydrogen (secondary N) is 1. The number of fused-ring (bicyclic) bond motifs is 5. The first kappa shape index (κ1) is 19.4. The van der Waals surface area contributed by atoms with Crippen molar-refractivity contribution in [1.29, 1.82) is 0 Å². The van der Waals surface area contributed by atoms with Gasteiger partial charge in [0.25, 0.3) is 0 Å². The van der Waals surface area contributed by atoms with Crippen LogP contribution in [-0.2, 0) is 19.5 Å². The molecule has 5 nitrogen and oxygen atoms in total. The molecule has 2 aliphatic heterocycles. The quantitative estimate of drug-likeness (QED) is 0.584. The standard InChI is InChI=1S/C24H28N4OS/c1-15-7-8-16(2)20(12-15)25-24(29)28-13-19-18-9-11-26(4)14-22(18)30-23(19)27-10-5-6-21(27)17(28)3/h5-8,10,12,17H,9,11,13-14H2,1-4H3,(H,25,29). The Morgan fingerprint density at radius 1 is 1.17 bits per heavy atom. The van der Waals surface area contributed by atoms with Crippen molar-refractivity contribution in [3.05, 3.63) is 69.4 Å². The third-order valence-electron chi connectivity index (χ3n) is 6.45. The van der Waals surface area contributed by atoms with Crippen LogP contribution in [0.4, 0.5) is 10.5 Å². The Balaban J connectivity index is 1.55. The highest BCUT2D eigenvalue weighted by atomic mass is 32.1. The number of aryl methyl sites for hydroxylation is 2. The number of urea groups is 1. The second-order valence-corrected chi connectivity index (χ2v) is 9.71. The molecule has 0 radical (unpaired) electrons. The van der Waals surface area contributed by atoms with Gasteiger partial charge in [-0.25, -0.2) is 4.79 Å². The number of carbonyl (C=O) groups excluding carboxylic acids is 1. The Kier molecular flexibility index (Phi) is 4.71. The van der Waals surface area contributed by atoms with Gasteiger partial charge in [0.2, 0.25) is 0 Å². The van der Waals surface area contributed by atoms with Gasteiger partial charge in [0, 0.05) is 41.1 Å². The number of thiophene rings is 1. The van der Waals surface area contributed by atoms with Crippen LogP contribution in [-0.4, -0.2) is 34.0 Å². The molecule has 2 aromatic heterocycles. The van der Waals surface area contributed by atoms with Crippen molar-refractivity contribution in [2.45, 2.75) is 46.3 Å². The highest BCUT2D eigenvalue weighted by Gasteiger charge is 2.33. The van der Waals surface area contributed by atoms with E-state index in [9.17, 15) is 4.79 Å². The molecule has 0 saturated heterocycles. The molecular formula is C24H28N4OS. The second kappa shape index (κ2) is 7.29. The van der Waals surface area contributed by atoms with E-state index in [1.807, 2.05) is 29.2 Å². The molecule has 0 bridgehead atoms. The van der Waals surface area contributed by atoms with Crippen molar-refractivity contribution in [1.82, 2.24) is 14.4 Å². The van der Waals surface area contributed by atoms with Crippen molar-refractivity contribution in [3.8, 4) is 5.00 Å². The van der Waals surface area contributed by atoms with Crippen molar-refractivity contribution >= 4 is 23.1 Å². The SMILES string of the molecule is Cc1ccc(C)c(NC(=O)N2Cc3c(sc4c3CCN(C)C4)-n3cccc3C2C)c1. The molecule has 4 heterocycles.